The predicted molar refractivity (Wildman–Crippen MR) is 71.4 cm³/mol. The van der Waals surface area contributed by atoms with Crippen molar-refractivity contribution in [1.82, 2.24) is 4.98 Å². The van der Waals surface area contributed by atoms with Gasteiger partial charge in [-0.25, -0.2) is 9.37 Å². The lowest BCUT2D eigenvalue weighted by Gasteiger charge is -2.08. The lowest BCUT2D eigenvalue weighted by Crippen LogP contribution is -1.96. The van der Waals surface area contributed by atoms with Gasteiger partial charge < -0.3 is 5.32 Å². The molecule has 0 amide bonds. The smallest absolute Gasteiger partial charge is 0.148 e. The second-order valence-electron chi connectivity index (χ2n) is 3.57. The van der Waals surface area contributed by atoms with Crippen LogP contribution in [0.3, 0.4) is 0 Å². The highest BCUT2D eigenvalue weighted by Crippen LogP contribution is 2.24. The SMILES string of the molecule is Cc1cc(Nc2ccc(Cl)cc2F)ncc1Br. The Balaban J connectivity index is 2.28. The molecule has 0 fully saturated rings. The molecule has 2 rings (SSSR count). The summed E-state index contributed by atoms with van der Waals surface area (Å²) in [6, 6.07) is 6.29. The molecule has 2 aromatic rings. The number of aryl methyl sites for hydroxylation is 1. The Morgan fingerprint density at radius 1 is 1.35 bits per heavy atom. The van der Waals surface area contributed by atoms with E-state index < -0.39 is 5.82 Å². The van der Waals surface area contributed by atoms with E-state index in [4.69, 9.17) is 11.6 Å². The number of anilines is 2. The van der Waals surface area contributed by atoms with Crippen molar-refractivity contribution in [2.24, 2.45) is 0 Å². The number of halogens is 3. The molecule has 0 radical (unpaired) electrons. The first kappa shape index (κ1) is 12.3. The number of rotatable bonds is 2. The topological polar surface area (TPSA) is 24.9 Å². The molecular formula is C12H9BrClFN2. The molecule has 0 unspecified atom stereocenters. The van der Waals surface area contributed by atoms with Gasteiger partial charge in [-0.05, 0) is 52.7 Å². The minimum Gasteiger partial charge on any atom is -0.338 e. The molecule has 0 bridgehead atoms. The zero-order chi connectivity index (χ0) is 12.4. The largest absolute Gasteiger partial charge is 0.338 e. The first-order valence-electron chi connectivity index (χ1n) is 4.90. The van der Waals surface area contributed by atoms with Crippen LogP contribution in [0.15, 0.2) is 34.9 Å². The summed E-state index contributed by atoms with van der Waals surface area (Å²) >= 11 is 9.03. The molecule has 0 saturated carbocycles. The molecule has 2 nitrogen and oxygen atoms in total. The van der Waals surface area contributed by atoms with Crippen molar-refractivity contribution in [3.63, 3.8) is 0 Å². The molecule has 17 heavy (non-hydrogen) atoms. The monoisotopic (exact) mass is 314 g/mol. The van der Waals surface area contributed by atoms with Crippen molar-refractivity contribution in [3.8, 4) is 0 Å². The Labute approximate surface area is 112 Å². The quantitative estimate of drug-likeness (QED) is 0.869. The first-order valence-corrected chi connectivity index (χ1v) is 6.07. The number of benzene rings is 1. The number of hydrogen-bond acceptors (Lipinski definition) is 2. The van der Waals surface area contributed by atoms with Crippen LogP contribution in [0.2, 0.25) is 5.02 Å². The van der Waals surface area contributed by atoms with E-state index in [9.17, 15) is 4.39 Å². The summed E-state index contributed by atoms with van der Waals surface area (Å²) in [5.41, 5.74) is 1.38. The Kier molecular flexibility index (Phi) is 3.64. The molecule has 0 spiro atoms. The summed E-state index contributed by atoms with van der Waals surface area (Å²) in [4.78, 5) is 4.14. The van der Waals surface area contributed by atoms with Crippen LogP contribution < -0.4 is 5.32 Å². The fourth-order valence-corrected chi connectivity index (χ4v) is 1.71. The molecule has 1 aromatic heterocycles. The second kappa shape index (κ2) is 5.02. The van der Waals surface area contributed by atoms with E-state index in [0.29, 0.717) is 16.5 Å². The minimum atomic E-state index is -0.403. The average molecular weight is 316 g/mol. The van der Waals surface area contributed by atoms with Crippen LogP contribution in [0.5, 0.6) is 0 Å². The first-order chi connectivity index (χ1) is 8.06. The molecule has 0 atom stereocenters. The van der Waals surface area contributed by atoms with E-state index in [-0.39, 0.29) is 0 Å². The van der Waals surface area contributed by atoms with Crippen LogP contribution in [-0.4, -0.2) is 4.98 Å². The van der Waals surface area contributed by atoms with Gasteiger partial charge in [-0.2, -0.15) is 0 Å². The van der Waals surface area contributed by atoms with Gasteiger partial charge in [0.05, 0.1) is 5.69 Å². The summed E-state index contributed by atoms with van der Waals surface area (Å²) in [6.45, 7) is 1.94. The van der Waals surface area contributed by atoms with Crippen molar-refractivity contribution in [1.29, 1.82) is 0 Å². The Hall–Kier alpha value is -1.13. The predicted octanol–water partition coefficient (Wildman–Crippen LogP) is 4.69. The molecule has 1 aromatic carbocycles. The molecule has 88 valence electrons. The van der Waals surface area contributed by atoms with Crippen LogP contribution in [0.4, 0.5) is 15.9 Å². The van der Waals surface area contributed by atoms with E-state index in [1.165, 1.54) is 6.07 Å². The summed E-state index contributed by atoms with van der Waals surface area (Å²) < 4.78 is 14.4. The summed E-state index contributed by atoms with van der Waals surface area (Å²) in [7, 11) is 0. The van der Waals surface area contributed by atoms with E-state index in [0.717, 1.165) is 10.0 Å². The van der Waals surface area contributed by atoms with E-state index >= 15 is 0 Å². The number of aromatic nitrogens is 1. The highest BCUT2D eigenvalue weighted by atomic mass is 79.9. The minimum absolute atomic E-state index is 0.351. The Bertz CT molecular complexity index is 560. The van der Waals surface area contributed by atoms with Crippen molar-refractivity contribution in [2.45, 2.75) is 6.92 Å². The lowest BCUT2D eigenvalue weighted by atomic mass is 10.2. The van der Waals surface area contributed by atoms with Gasteiger partial charge in [0.15, 0.2) is 0 Å². The van der Waals surface area contributed by atoms with Gasteiger partial charge >= 0.3 is 0 Å². The maximum Gasteiger partial charge on any atom is 0.148 e. The van der Waals surface area contributed by atoms with Gasteiger partial charge in [0.1, 0.15) is 11.6 Å². The van der Waals surface area contributed by atoms with Crippen molar-refractivity contribution < 1.29 is 4.39 Å². The molecule has 1 N–H and O–H groups in total. The maximum absolute atomic E-state index is 13.5. The normalized spacial score (nSPS) is 10.4. The highest BCUT2D eigenvalue weighted by molar-refractivity contribution is 9.10. The van der Waals surface area contributed by atoms with Gasteiger partial charge in [-0.3, -0.25) is 0 Å². The van der Waals surface area contributed by atoms with Crippen LogP contribution in [0, 0.1) is 12.7 Å². The number of pyridine rings is 1. The maximum atomic E-state index is 13.5. The molecule has 1 heterocycles. The summed E-state index contributed by atoms with van der Waals surface area (Å²) in [5, 5.41) is 3.27. The molecular weight excluding hydrogens is 307 g/mol. The van der Waals surface area contributed by atoms with Crippen LogP contribution >= 0.6 is 27.5 Å². The summed E-state index contributed by atoms with van der Waals surface area (Å²) in [5.74, 6) is 0.187. The van der Waals surface area contributed by atoms with Crippen molar-refractivity contribution in [2.75, 3.05) is 5.32 Å². The molecule has 0 aliphatic rings. The van der Waals surface area contributed by atoms with Gasteiger partial charge in [0.25, 0.3) is 0 Å². The third-order valence-corrected chi connectivity index (χ3v) is 3.31. The molecule has 0 saturated heterocycles. The Morgan fingerprint density at radius 3 is 2.76 bits per heavy atom. The molecule has 0 aliphatic heterocycles. The van der Waals surface area contributed by atoms with Gasteiger partial charge in [-0.15, -0.1) is 0 Å². The summed E-state index contributed by atoms with van der Waals surface area (Å²) in [6.07, 6.45) is 1.67. The molecule has 5 heteroatoms. The molecule has 0 aliphatic carbocycles. The number of nitrogens with one attached hydrogen (secondary N) is 1. The van der Waals surface area contributed by atoms with E-state index in [1.807, 2.05) is 13.0 Å². The number of hydrogen-bond donors (Lipinski definition) is 1. The van der Waals surface area contributed by atoms with Crippen LogP contribution in [-0.2, 0) is 0 Å². The fourth-order valence-electron chi connectivity index (χ4n) is 1.34. The number of nitrogens with zero attached hydrogens (tertiary/aromatic N) is 1. The zero-order valence-corrected chi connectivity index (χ0v) is 11.3. The van der Waals surface area contributed by atoms with Crippen molar-refractivity contribution >= 4 is 39.0 Å². The van der Waals surface area contributed by atoms with Gasteiger partial charge in [0.2, 0.25) is 0 Å². The fraction of sp³-hybridized carbons (Fsp3) is 0.0833. The van der Waals surface area contributed by atoms with E-state index in [2.05, 4.69) is 26.2 Å². The van der Waals surface area contributed by atoms with E-state index in [1.54, 1.807) is 18.3 Å². The lowest BCUT2D eigenvalue weighted by molar-refractivity contribution is 0.632. The van der Waals surface area contributed by atoms with Crippen molar-refractivity contribution in [3.05, 3.63) is 51.3 Å². The van der Waals surface area contributed by atoms with Gasteiger partial charge in [0, 0.05) is 15.7 Å². The third kappa shape index (κ3) is 2.96. The third-order valence-electron chi connectivity index (χ3n) is 2.24. The average Bonchev–Trinajstić information content (AvgIpc) is 2.27. The second-order valence-corrected chi connectivity index (χ2v) is 4.86. The Morgan fingerprint density at radius 2 is 2.12 bits per heavy atom. The van der Waals surface area contributed by atoms with Crippen LogP contribution in [0.25, 0.3) is 0 Å². The zero-order valence-electron chi connectivity index (χ0n) is 8.97. The van der Waals surface area contributed by atoms with Gasteiger partial charge in [-0.1, -0.05) is 11.6 Å². The standard InChI is InChI=1S/C12H9BrClFN2/c1-7-4-12(16-6-9(7)13)17-11-3-2-8(14)5-10(11)15/h2-6H,1H3,(H,16,17). The van der Waals surface area contributed by atoms with Crippen LogP contribution in [0.1, 0.15) is 5.56 Å². The highest BCUT2D eigenvalue weighted by Gasteiger charge is 2.05.